The summed E-state index contributed by atoms with van der Waals surface area (Å²) in [5.41, 5.74) is 1.04. The predicted octanol–water partition coefficient (Wildman–Crippen LogP) is 2.83. The Morgan fingerprint density at radius 3 is 3.12 bits per heavy atom. The van der Waals surface area contributed by atoms with Gasteiger partial charge in [0.1, 0.15) is 23.7 Å². The van der Waals surface area contributed by atoms with Crippen molar-refractivity contribution in [2.24, 2.45) is 0 Å². The summed E-state index contributed by atoms with van der Waals surface area (Å²) in [4.78, 5) is 11.7. The zero-order valence-corrected chi connectivity index (χ0v) is 10.2. The molecule has 16 heavy (non-hydrogen) atoms. The zero-order chi connectivity index (χ0) is 11.5. The number of rotatable bonds is 4. The number of benzene rings is 1. The van der Waals surface area contributed by atoms with E-state index >= 15 is 0 Å². The second-order valence-electron chi connectivity index (χ2n) is 3.75. The molecule has 86 valence electrons. The summed E-state index contributed by atoms with van der Waals surface area (Å²) in [5, 5.41) is 0. The van der Waals surface area contributed by atoms with Gasteiger partial charge in [0.05, 0.1) is 12.0 Å². The number of carbonyl (C=O) groups excluding carboxylic acids is 1. The second kappa shape index (κ2) is 4.78. The Morgan fingerprint density at radius 1 is 1.62 bits per heavy atom. The van der Waals surface area contributed by atoms with Crippen molar-refractivity contribution in [2.45, 2.75) is 24.2 Å². The molecule has 0 spiro atoms. The van der Waals surface area contributed by atoms with E-state index in [2.05, 4.69) is 0 Å². The van der Waals surface area contributed by atoms with Gasteiger partial charge in [-0.1, -0.05) is 18.7 Å². The fourth-order valence-corrected chi connectivity index (χ4v) is 2.54. The van der Waals surface area contributed by atoms with E-state index < -0.39 is 0 Å². The van der Waals surface area contributed by atoms with Gasteiger partial charge in [0, 0.05) is 12.0 Å². The molecule has 0 aromatic heterocycles. The lowest BCUT2D eigenvalue weighted by Gasteiger charge is -2.14. The van der Waals surface area contributed by atoms with Gasteiger partial charge in [-0.2, -0.15) is 0 Å². The van der Waals surface area contributed by atoms with Crippen LogP contribution in [0.25, 0.3) is 0 Å². The normalized spacial score (nSPS) is 15.1. The minimum atomic E-state index is 0.159. The van der Waals surface area contributed by atoms with Gasteiger partial charge in [-0.05, 0) is 18.1 Å². The highest BCUT2D eigenvalue weighted by atomic mass is 32.2. The van der Waals surface area contributed by atoms with Crippen LogP contribution in [0.5, 0.6) is 11.5 Å². The van der Waals surface area contributed by atoms with Crippen LogP contribution in [0.3, 0.4) is 0 Å². The van der Waals surface area contributed by atoms with Gasteiger partial charge in [0.15, 0.2) is 0 Å². The molecule has 0 N–H and O–H groups in total. The Morgan fingerprint density at radius 2 is 2.44 bits per heavy atom. The average Bonchev–Trinajstić information content (AvgIpc) is 2.74. The van der Waals surface area contributed by atoms with Crippen molar-refractivity contribution in [1.29, 1.82) is 0 Å². The number of thioether (sulfide) groups is 1. The minimum Gasteiger partial charge on any atom is -0.496 e. The van der Waals surface area contributed by atoms with Crippen molar-refractivity contribution in [3.05, 3.63) is 17.7 Å². The van der Waals surface area contributed by atoms with Gasteiger partial charge in [-0.3, -0.25) is 0 Å². The molecule has 4 heteroatoms. The Bertz CT molecular complexity index is 403. The summed E-state index contributed by atoms with van der Waals surface area (Å²) in [5.74, 6) is 2.56. The Labute approximate surface area is 99.1 Å². The maximum absolute atomic E-state index is 10.5. The van der Waals surface area contributed by atoms with Gasteiger partial charge in [-0.25, -0.2) is 0 Å². The van der Waals surface area contributed by atoms with Crippen molar-refractivity contribution >= 4 is 18.0 Å². The second-order valence-corrected chi connectivity index (χ2v) is 4.72. The van der Waals surface area contributed by atoms with E-state index in [1.54, 1.807) is 18.9 Å². The van der Waals surface area contributed by atoms with Crippen molar-refractivity contribution < 1.29 is 14.3 Å². The number of fused-ring (bicyclic) bond motifs is 1. The van der Waals surface area contributed by atoms with Crippen LogP contribution in [0, 0.1) is 0 Å². The van der Waals surface area contributed by atoms with Gasteiger partial charge in [0.2, 0.25) is 0 Å². The third kappa shape index (κ3) is 2.02. The molecule has 0 saturated carbocycles. The number of aldehydes is 1. The van der Waals surface area contributed by atoms with Crippen LogP contribution < -0.4 is 9.47 Å². The monoisotopic (exact) mass is 238 g/mol. The third-order valence-corrected chi connectivity index (χ3v) is 3.57. The molecule has 1 aliphatic rings. The molecular weight excluding hydrogens is 224 g/mol. The molecule has 1 atom stereocenters. The third-order valence-electron chi connectivity index (χ3n) is 2.71. The highest BCUT2D eigenvalue weighted by Gasteiger charge is 2.19. The topological polar surface area (TPSA) is 35.5 Å². The summed E-state index contributed by atoms with van der Waals surface area (Å²) < 4.78 is 10.8. The van der Waals surface area contributed by atoms with Crippen molar-refractivity contribution in [3.8, 4) is 11.5 Å². The number of methoxy groups -OCH3 is 1. The molecule has 1 aromatic carbocycles. The molecule has 0 amide bonds. The fraction of sp³-hybridized carbons (Fsp3) is 0.417. The fourth-order valence-electron chi connectivity index (χ4n) is 1.77. The Balaban J connectivity index is 2.39. The molecule has 0 bridgehead atoms. The number of carbonyl (C=O) groups is 1. The zero-order valence-electron chi connectivity index (χ0n) is 9.36. The molecule has 0 aliphatic carbocycles. The molecule has 0 saturated heterocycles. The molecule has 0 fully saturated rings. The first kappa shape index (κ1) is 11.3. The van der Waals surface area contributed by atoms with Crippen LogP contribution in [0.2, 0.25) is 0 Å². The summed E-state index contributed by atoms with van der Waals surface area (Å²) >= 11 is 1.66. The lowest BCUT2D eigenvalue weighted by Crippen LogP contribution is -1.99. The molecular formula is C12H14O3S. The number of hydrogen-bond acceptors (Lipinski definition) is 4. The first-order chi connectivity index (χ1) is 7.76. The van der Waals surface area contributed by atoms with Gasteiger partial charge in [-0.15, -0.1) is 0 Å². The maximum atomic E-state index is 10.5. The van der Waals surface area contributed by atoms with E-state index in [4.69, 9.17) is 9.47 Å². The lowest BCUT2D eigenvalue weighted by atomic mass is 9.97. The SMILES string of the molecule is COc1cc2c(cc1C(C)CC=O)OCS2. The van der Waals surface area contributed by atoms with E-state index in [1.807, 2.05) is 19.1 Å². The van der Waals surface area contributed by atoms with Gasteiger partial charge in [0.25, 0.3) is 0 Å². The summed E-state index contributed by atoms with van der Waals surface area (Å²) in [6.07, 6.45) is 1.44. The van der Waals surface area contributed by atoms with Crippen LogP contribution in [0.15, 0.2) is 17.0 Å². The smallest absolute Gasteiger partial charge is 0.138 e. The van der Waals surface area contributed by atoms with Crippen LogP contribution in [-0.2, 0) is 4.79 Å². The van der Waals surface area contributed by atoms with Crippen LogP contribution in [0.4, 0.5) is 0 Å². The van der Waals surface area contributed by atoms with E-state index in [0.29, 0.717) is 12.4 Å². The molecule has 1 heterocycles. The summed E-state index contributed by atoms with van der Waals surface area (Å²) in [6.45, 7) is 2.01. The Hall–Kier alpha value is -1.16. The summed E-state index contributed by atoms with van der Waals surface area (Å²) in [7, 11) is 1.65. The highest BCUT2D eigenvalue weighted by molar-refractivity contribution is 7.99. The average molecular weight is 238 g/mol. The van der Waals surface area contributed by atoms with E-state index in [1.165, 1.54) is 0 Å². The molecule has 3 nitrogen and oxygen atoms in total. The molecule has 1 aromatic rings. The van der Waals surface area contributed by atoms with Crippen LogP contribution in [-0.4, -0.2) is 19.3 Å². The quantitative estimate of drug-likeness (QED) is 0.756. The Kier molecular flexibility index (Phi) is 3.39. The van der Waals surface area contributed by atoms with Gasteiger partial charge < -0.3 is 14.3 Å². The lowest BCUT2D eigenvalue weighted by molar-refractivity contribution is -0.108. The van der Waals surface area contributed by atoms with Crippen LogP contribution in [0.1, 0.15) is 24.8 Å². The van der Waals surface area contributed by atoms with Gasteiger partial charge >= 0.3 is 0 Å². The van der Waals surface area contributed by atoms with Crippen molar-refractivity contribution in [1.82, 2.24) is 0 Å². The maximum Gasteiger partial charge on any atom is 0.138 e. The highest BCUT2D eigenvalue weighted by Crippen LogP contribution is 2.42. The van der Waals surface area contributed by atoms with E-state index in [0.717, 1.165) is 28.2 Å². The van der Waals surface area contributed by atoms with E-state index in [-0.39, 0.29) is 5.92 Å². The number of ether oxygens (including phenoxy) is 2. The van der Waals surface area contributed by atoms with Crippen molar-refractivity contribution in [3.63, 3.8) is 0 Å². The summed E-state index contributed by atoms with van der Waals surface area (Å²) in [6, 6.07) is 3.98. The minimum absolute atomic E-state index is 0.159. The predicted molar refractivity (Wildman–Crippen MR) is 63.4 cm³/mol. The van der Waals surface area contributed by atoms with Crippen LogP contribution >= 0.6 is 11.8 Å². The molecule has 1 unspecified atom stereocenters. The number of hydrogen-bond donors (Lipinski definition) is 0. The molecule has 2 rings (SSSR count). The molecule has 1 aliphatic heterocycles. The van der Waals surface area contributed by atoms with Crippen molar-refractivity contribution in [2.75, 3.05) is 13.0 Å². The first-order valence-electron chi connectivity index (χ1n) is 5.17. The largest absolute Gasteiger partial charge is 0.496 e. The molecule has 0 radical (unpaired) electrons. The first-order valence-corrected chi connectivity index (χ1v) is 6.16. The standard InChI is InChI=1S/C12H14O3S/c1-8(3-4-13)9-5-11-12(16-7-15-11)6-10(9)14-2/h4-6,8H,3,7H2,1-2H3. The van der Waals surface area contributed by atoms with E-state index in [9.17, 15) is 4.79 Å².